The zero-order chi connectivity index (χ0) is 13.7. The van der Waals surface area contributed by atoms with Crippen molar-refractivity contribution in [1.82, 2.24) is 0 Å². The van der Waals surface area contributed by atoms with Gasteiger partial charge in [-0.05, 0) is 6.08 Å². The molecule has 0 saturated carbocycles. The molecule has 2 aliphatic rings. The molecule has 0 bridgehead atoms. The Hall–Kier alpha value is -2.69. The minimum Gasteiger partial charge on any atom is -0.293 e. The number of Topliss-reactive ketones (excluding diaryl/α,β-unsaturated/α-hetero) is 4. The van der Waals surface area contributed by atoms with E-state index in [0.717, 1.165) is 6.08 Å². The number of carbonyl (C=O) groups excluding carboxylic acids is 5. The average molecular weight is 254 g/mol. The van der Waals surface area contributed by atoms with Crippen molar-refractivity contribution < 1.29 is 24.0 Å². The van der Waals surface area contributed by atoms with Crippen molar-refractivity contribution in [1.29, 1.82) is 0 Å². The largest absolute Gasteiger partial charge is 0.293 e. The number of carbonyl (C=O) groups is 5. The molecule has 0 spiro atoms. The van der Waals surface area contributed by atoms with Gasteiger partial charge in [-0.25, -0.2) is 0 Å². The summed E-state index contributed by atoms with van der Waals surface area (Å²) in [6.07, 6.45) is 0.810. The van der Waals surface area contributed by atoms with Gasteiger partial charge in [-0.1, -0.05) is 24.3 Å². The summed E-state index contributed by atoms with van der Waals surface area (Å²) in [5.41, 5.74) is 0.0772. The maximum absolute atomic E-state index is 12.2. The first-order valence-electron chi connectivity index (χ1n) is 5.54. The Kier molecular flexibility index (Phi) is 2.19. The van der Waals surface area contributed by atoms with Crippen LogP contribution in [-0.4, -0.2) is 28.9 Å². The smallest absolute Gasteiger partial charge is 0.269 e. The molecule has 92 valence electrons. The molecule has 19 heavy (non-hydrogen) atoms. The first kappa shape index (κ1) is 11.4. The predicted molar refractivity (Wildman–Crippen MR) is 61.7 cm³/mol. The van der Waals surface area contributed by atoms with Gasteiger partial charge in [0.1, 0.15) is 5.92 Å². The highest BCUT2D eigenvalue weighted by Gasteiger charge is 2.47. The standard InChI is InChI=1S/C14H6O5/c15-9-5-8-10(14(19)13(9)18)12(17)7-4-2-1-3-6(7)11(8)16/h1-5,10H. The lowest BCUT2D eigenvalue weighted by Crippen LogP contribution is -2.44. The molecule has 0 saturated heterocycles. The van der Waals surface area contributed by atoms with E-state index in [2.05, 4.69) is 0 Å². The summed E-state index contributed by atoms with van der Waals surface area (Å²) in [6, 6.07) is 6.04. The molecule has 1 aromatic carbocycles. The van der Waals surface area contributed by atoms with Gasteiger partial charge in [0.2, 0.25) is 11.6 Å². The number of fused-ring (bicyclic) bond motifs is 2. The third kappa shape index (κ3) is 1.38. The van der Waals surface area contributed by atoms with Crippen molar-refractivity contribution in [3.63, 3.8) is 0 Å². The Labute approximate surface area is 106 Å². The Morgan fingerprint density at radius 2 is 1.37 bits per heavy atom. The van der Waals surface area contributed by atoms with Crippen molar-refractivity contribution in [2.45, 2.75) is 0 Å². The molecule has 1 aromatic rings. The molecule has 2 aliphatic carbocycles. The molecule has 0 aromatic heterocycles. The molecule has 1 unspecified atom stereocenters. The summed E-state index contributed by atoms with van der Waals surface area (Å²) < 4.78 is 0. The van der Waals surface area contributed by atoms with Crippen LogP contribution in [-0.2, 0) is 14.4 Å². The van der Waals surface area contributed by atoms with Crippen molar-refractivity contribution >= 4 is 28.9 Å². The first-order chi connectivity index (χ1) is 9.02. The molecule has 0 amide bonds. The van der Waals surface area contributed by atoms with Crippen LogP contribution in [0.1, 0.15) is 20.7 Å². The quantitative estimate of drug-likeness (QED) is 0.492. The minimum absolute atomic E-state index is 0.116. The lowest BCUT2D eigenvalue weighted by atomic mass is 9.72. The van der Waals surface area contributed by atoms with Crippen molar-refractivity contribution in [3.8, 4) is 0 Å². The van der Waals surface area contributed by atoms with Gasteiger partial charge < -0.3 is 0 Å². The second-order valence-corrected chi connectivity index (χ2v) is 4.33. The predicted octanol–water partition coefficient (Wildman–Crippen LogP) is 0.329. The van der Waals surface area contributed by atoms with Crippen molar-refractivity contribution in [3.05, 3.63) is 47.0 Å². The zero-order valence-corrected chi connectivity index (χ0v) is 9.51. The second kappa shape index (κ2) is 3.65. The highest BCUT2D eigenvalue weighted by molar-refractivity contribution is 6.70. The van der Waals surface area contributed by atoms with E-state index < -0.39 is 34.8 Å². The van der Waals surface area contributed by atoms with Crippen LogP contribution in [0.4, 0.5) is 0 Å². The fourth-order valence-corrected chi connectivity index (χ4v) is 2.35. The Morgan fingerprint density at radius 1 is 0.737 bits per heavy atom. The SMILES string of the molecule is O=C1C=C2C(=O)c3ccccc3C(=O)C2C(=O)C1=O. The van der Waals surface area contributed by atoms with Crippen molar-refractivity contribution in [2.24, 2.45) is 5.92 Å². The van der Waals surface area contributed by atoms with Gasteiger partial charge in [-0.15, -0.1) is 0 Å². The van der Waals surface area contributed by atoms with Gasteiger partial charge in [-0.2, -0.15) is 0 Å². The highest BCUT2D eigenvalue weighted by Crippen LogP contribution is 2.32. The maximum Gasteiger partial charge on any atom is 0.269 e. The van der Waals surface area contributed by atoms with E-state index in [4.69, 9.17) is 0 Å². The summed E-state index contributed by atoms with van der Waals surface area (Å²) >= 11 is 0. The van der Waals surface area contributed by atoms with Crippen LogP contribution in [0.3, 0.4) is 0 Å². The molecule has 0 aliphatic heterocycles. The molecule has 5 nitrogen and oxygen atoms in total. The molecule has 0 fully saturated rings. The van der Waals surface area contributed by atoms with Crippen LogP contribution in [0, 0.1) is 5.92 Å². The first-order valence-corrected chi connectivity index (χ1v) is 5.54. The monoisotopic (exact) mass is 254 g/mol. The number of hydrogen-bond acceptors (Lipinski definition) is 5. The van der Waals surface area contributed by atoms with Gasteiger partial charge in [0.25, 0.3) is 5.78 Å². The van der Waals surface area contributed by atoms with Crippen LogP contribution < -0.4 is 0 Å². The van der Waals surface area contributed by atoms with Gasteiger partial charge in [0.15, 0.2) is 11.6 Å². The van der Waals surface area contributed by atoms with Crippen molar-refractivity contribution in [2.75, 3.05) is 0 Å². The van der Waals surface area contributed by atoms with E-state index in [1.807, 2.05) is 0 Å². The van der Waals surface area contributed by atoms with Gasteiger partial charge in [0, 0.05) is 16.7 Å². The number of ketones is 5. The topological polar surface area (TPSA) is 85.3 Å². The van der Waals surface area contributed by atoms with E-state index in [9.17, 15) is 24.0 Å². The normalized spacial score (nSPS) is 22.0. The van der Waals surface area contributed by atoms with Crippen LogP contribution in [0.15, 0.2) is 35.9 Å². The van der Waals surface area contributed by atoms with Gasteiger partial charge in [0.05, 0.1) is 0 Å². The lowest BCUT2D eigenvalue weighted by molar-refractivity contribution is -0.143. The Morgan fingerprint density at radius 3 is 2.05 bits per heavy atom. The minimum atomic E-state index is -1.45. The molecular formula is C14H6O5. The fraction of sp³-hybridized carbons (Fsp3) is 0.0714. The Balaban J connectivity index is 2.29. The van der Waals surface area contributed by atoms with E-state index in [0.29, 0.717) is 0 Å². The fourth-order valence-electron chi connectivity index (χ4n) is 2.35. The van der Waals surface area contributed by atoms with E-state index in [1.54, 1.807) is 12.1 Å². The molecule has 0 N–H and O–H groups in total. The summed E-state index contributed by atoms with van der Waals surface area (Å²) in [4.78, 5) is 58.7. The van der Waals surface area contributed by atoms with Gasteiger partial charge in [-0.3, -0.25) is 24.0 Å². The Bertz CT molecular complexity index is 723. The lowest BCUT2D eigenvalue weighted by Gasteiger charge is -2.25. The zero-order valence-electron chi connectivity index (χ0n) is 9.51. The molecule has 1 atom stereocenters. The molecule has 0 radical (unpaired) electrons. The number of hydrogen-bond donors (Lipinski definition) is 0. The van der Waals surface area contributed by atoms with Crippen LogP contribution in [0.25, 0.3) is 0 Å². The third-order valence-electron chi connectivity index (χ3n) is 3.27. The molecular weight excluding hydrogens is 248 g/mol. The summed E-state index contributed by atoms with van der Waals surface area (Å²) in [5.74, 6) is -6.00. The summed E-state index contributed by atoms with van der Waals surface area (Å²) in [7, 11) is 0. The second-order valence-electron chi connectivity index (χ2n) is 4.33. The van der Waals surface area contributed by atoms with E-state index in [1.165, 1.54) is 12.1 Å². The number of benzene rings is 1. The number of allylic oxidation sites excluding steroid dienone is 2. The van der Waals surface area contributed by atoms with E-state index >= 15 is 0 Å². The summed E-state index contributed by atoms with van der Waals surface area (Å²) in [5, 5.41) is 0. The van der Waals surface area contributed by atoms with Gasteiger partial charge >= 0.3 is 0 Å². The maximum atomic E-state index is 12.2. The molecule has 5 heteroatoms. The van der Waals surface area contributed by atoms with E-state index in [-0.39, 0.29) is 16.7 Å². The van der Waals surface area contributed by atoms with Crippen LogP contribution in [0.2, 0.25) is 0 Å². The number of rotatable bonds is 0. The molecule has 0 heterocycles. The van der Waals surface area contributed by atoms with Crippen LogP contribution in [0.5, 0.6) is 0 Å². The average Bonchev–Trinajstić information content (AvgIpc) is 2.42. The molecule has 3 rings (SSSR count). The summed E-state index contributed by atoms with van der Waals surface area (Å²) in [6.45, 7) is 0. The van der Waals surface area contributed by atoms with Crippen LogP contribution >= 0.6 is 0 Å². The highest BCUT2D eigenvalue weighted by atomic mass is 16.2. The third-order valence-corrected chi connectivity index (χ3v) is 3.27.